The zero-order chi connectivity index (χ0) is 86.1. The summed E-state index contributed by atoms with van der Waals surface area (Å²) >= 11 is 0. The molecule has 122 heavy (non-hydrogen) atoms. The van der Waals surface area contributed by atoms with Crippen LogP contribution in [0.5, 0.6) is 23.5 Å². The Morgan fingerprint density at radius 1 is 0.270 bits per heavy atom. The fraction of sp³-hybridized carbons (Fsp3) is 0.265. The Morgan fingerprint density at radius 2 is 0.549 bits per heavy atom. The van der Waals surface area contributed by atoms with Gasteiger partial charge in [-0.25, -0.2) is 39.9 Å². The Hall–Kier alpha value is -14.2. The summed E-state index contributed by atoms with van der Waals surface area (Å²) in [6.45, 7) is 29.1. The summed E-state index contributed by atoms with van der Waals surface area (Å²) in [6, 6.07) is 60.4. The van der Waals surface area contributed by atoms with E-state index < -0.39 is 0 Å². The highest BCUT2D eigenvalue weighted by atomic mass is 16.5. The number of rotatable bonds is 24. The number of methoxy groups -OCH3 is 4. The summed E-state index contributed by atoms with van der Waals surface area (Å²) in [7, 11) is 6.46. The maximum atomic E-state index is 5.53. The van der Waals surface area contributed by atoms with Crippen LogP contribution in [0.25, 0.3) is 68.3 Å². The van der Waals surface area contributed by atoms with Gasteiger partial charge in [-0.1, -0.05) is 140 Å². The Bertz CT molecular complexity index is 6010. The summed E-state index contributed by atoms with van der Waals surface area (Å²) in [6.07, 6.45) is 19.1. The predicted molar refractivity (Wildman–Crippen MR) is 477 cm³/mol. The van der Waals surface area contributed by atoms with Gasteiger partial charge in [-0.05, 0) is 244 Å². The first-order chi connectivity index (χ1) is 58.9. The van der Waals surface area contributed by atoms with Gasteiger partial charge in [-0.3, -0.25) is 0 Å². The minimum atomic E-state index is 0.371. The molecular weight excluding hydrogens is 1520 g/mol. The van der Waals surface area contributed by atoms with Crippen molar-refractivity contribution >= 4 is 0 Å². The van der Waals surface area contributed by atoms with Gasteiger partial charge in [0.25, 0.3) is 0 Å². The minimum Gasteiger partial charge on any atom is -0.479 e. The SMILES string of the molecule is COc1nc(-c2cc(C)c(CCc3ccc(C)cc3)nn2)ccc1-n1cnc(C)c1.COc1nc(-c2cc(C)c(C[C@@H](C)c3ccc(C)cc3)nn2)ccc1-n1cnc(C)c1.COc1nc(-c2cc(C)c(C[C@H](C)c3ccc(C)cc3)nn2)ccc1-n1cnc(C)c1.COc1nc(-c2ccc(C[C@@H](C)c3ccc(C)cc3)nn2)ccc1-n1cnc(C)c1. The smallest absolute Gasteiger partial charge is 0.238 e. The lowest BCUT2D eigenvalue weighted by Crippen LogP contribution is -2.05. The third kappa shape index (κ3) is 21.6. The van der Waals surface area contributed by atoms with Crippen molar-refractivity contribution in [3.05, 3.63) is 333 Å². The topological polar surface area (TPSA) is 263 Å². The highest BCUT2D eigenvalue weighted by molar-refractivity contribution is 5.63. The van der Waals surface area contributed by atoms with Crippen LogP contribution >= 0.6 is 0 Å². The van der Waals surface area contributed by atoms with Crippen molar-refractivity contribution < 1.29 is 18.9 Å². The second-order valence-electron chi connectivity index (χ2n) is 31.1. The Kier molecular flexibility index (Phi) is 27.8. The number of hydrogen-bond donors (Lipinski definition) is 0. The van der Waals surface area contributed by atoms with Gasteiger partial charge in [0.1, 0.15) is 45.5 Å². The van der Waals surface area contributed by atoms with Gasteiger partial charge in [0.05, 0.1) is 122 Å². The number of hydrogen-bond acceptors (Lipinski definition) is 20. The summed E-state index contributed by atoms with van der Waals surface area (Å²) in [5, 5.41) is 35.7. The minimum absolute atomic E-state index is 0.371. The Labute approximate surface area is 713 Å². The van der Waals surface area contributed by atoms with Crippen molar-refractivity contribution in [3.63, 3.8) is 0 Å². The van der Waals surface area contributed by atoms with Gasteiger partial charge < -0.3 is 37.2 Å². The van der Waals surface area contributed by atoms with E-state index in [0.29, 0.717) is 47.0 Å². The molecule has 12 aromatic heterocycles. The van der Waals surface area contributed by atoms with E-state index in [-0.39, 0.29) is 0 Å². The summed E-state index contributed by atoms with van der Waals surface area (Å²) < 4.78 is 29.7. The number of aromatic nitrogens is 20. The van der Waals surface area contributed by atoms with Crippen molar-refractivity contribution in [2.24, 2.45) is 0 Å². The maximum absolute atomic E-state index is 5.53. The first kappa shape index (κ1) is 85.7. The fourth-order valence-corrected chi connectivity index (χ4v) is 14.0. The molecule has 0 bridgehead atoms. The van der Waals surface area contributed by atoms with Crippen molar-refractivity contribution in [2.45, 2.75) is 147 Å². The number of aryl methyl sites for hydroxylation is 13. The number of nitrogens with zero attached hydrogens (tertiary/aromatic N) is 20. The molecule has 24 heteroatoms. The standard InChI is InChI=1S/2C25H27N5O.2C24H25N5O/c2*1-16-6-8-20(9-7-16)17(2)12-22-18(3)13-23(29-28-22)21-10-11-24(25(27-21)31-5)30-14-19(4)26-15-30;1-16-5-7-19(8-6-16)17(2)13-20-9-10-22(28-27-20)21-11-12-23(24(26-21)30-4)29-14-18(3)25-15-29;1-16-5-7-19(8-6-16)9-10-20-17(2)13-22(28-27-20)21-11-12-23(24(26-21)30-4)29-14-18(3)25-15-29/h2*6-11,13-15,17H,12H2,1-5H3;5-12,14-15,17H,13H2,1-4H3;5-8,11-15H,9-10H2,1-4H3/t3*17-;/m101./s1. The molecule has 0 saturated heterocycles. The Morgan fingerprint density at radius 3 is 0.828 bits per heavy atom. The van der Waals surface area contributed by atoms with Crippen LogP contribution in [0.4, 0.5) is 0 Å². The molecule has 0 aliphatic rings. The van der Waals surface area contributed by atoms with E-state index in [1.807, 2.05) is 150 Å². The molecule has 16 aromatic rings. The van der Waals surface area contributed by atoms with Gasteiger partial charge in [-0.2, -0.15) is 20.4 Å². The summed E-state index contributed by atoms with van der Waals surface area (Å²) in [4.78, 5) is 35.7. The van der Waals surface area contributed by atoms with E-state index >= 15 is 0 Å². The normalized spacial score (nSPS) is 11.8. The fourth-order valence-electron chi connectivity index (χ4n) is 14.0. The quantitative estimate of drug-likeness (QED) is 0.0544. The predicted octanol–water partition coefficient (Wildman–Crippen LogP) is 19.1. The molecule has 0 fully saturated rings. The van der Waals surface area contributed by atoms with Crippen LogP contribution in [0.2, 0.25) is 0 Å². The molecule has 16 rings (SSSR count). The van der Waals surface area contributed by atoms with Crippen molar-refractivity contribution in [3.8, 4) is 91.8 Å². The van der Waals surface area contributed by atoms with Gasteiger partial charge >= 0.3 is 0 Å². The molecule has 0 unspecified atom stereocenters. The third-order valence-electron chi connectivity index (χ3n) is 21.3. The Balaban J connectivity index is 0.000000140. The van der Waals surface area contributed by atoms with E-state index in [4.69, 9.17) is 18.9 Å². The molecule has 0 amide bonds. The van der Waals surface area contributed by atoms with Gasteiger partial charge in [0, 0.05) is 24.8 Å². The lowest BCUT2D eigenvalue weighted by molar-refractivity contribution is 0.396. The summed E-state index contributed by atoms with van der Waals surface area (Å²) in [5.74, 6) is 3.20. The number of benzene rings is 4. The van der Waals surface area contributed by atoms with Crippen LogP contribution in [0.3, 0.4) is 0 Å². The lowest BCUT2D eigenvalue weighted by atomic mass is 9.94. The zero-order valence-corrected chi connectivity index (χ0v) is 72.7. The highest BCUT2D eigenvalue weighted by Crippen LogP contribution is 2.33. The molecule has 0 saturated carbocycles. The average molecular weight is 1630 g/mol. The number of imidazole rings is 4. The number of pyridine rings is 4. The van der Waals surface area contributed by atoms with Gasteiger partial charge in [0.2, 0.25) is 23.5 Å². The van der Waals surface area contributed by atoms with E-state index in [9.17, 15) is 0 Å². The third-order valence-corrected chi connectivity index (χ3v) is 21.3. The van der Waals surface area contributed by atoms with E-state index in [1.54, 1.807) is 53.7 Å². The van der Waals surface area contributed by atoms with Gasteiger partial charge in [0.15, 0.2) is 0 Å². The first-order valence-corrected chi connectivity index (χ1v) is 40.8. The molecule has 0 aliphatic carbocycles. The van der Waals surface area contributed by atoms with E-state index in [0.717, 1.165) is 157 Å². The molecule has 620 valence electrons. The van der Waals surface area contributed by atoms with Crippen LogP contribution in [0, 0.1) is 76.2 Å². The molecule has 0 radical (unpaired) electrons. The highest BCUT2D eigenvalue weighted by Gasteiger charge is 2.21. The lowest BCUT2D eigenvalue weighted by Gasteiger charge is -2.14. The van der Waals surface area contributed by atoms with Crippen molar-refractivity contribution in [1.29, 1.82) is 0 Å². The zero-order valence-electron chi connectivity index (χ0n) is 72.7. The molecular formula is C98H104N20O4. The average Bonchev–Trinajstić information content (AvgIpc) is 1.36. The molecule has 4 aromatic carbocycles. The molecule has 0 N–H and O–H groups in total. The van der Waals surface area contributed by atoms with Crippen LogP contribution in [-0.2, 0) is 32.1 Å². The summed E-state index contributed by atoms with van der Waals surface area (Å²) in [5.41, 5.74) is 30.5. The van der Waals surface area contributed by atoms with Gasteiger partial charge in [-0.15, -0.1) is 20.4 Å². The second kappa shape index (κ2) is 39.6. The van der Waals surface area contributed by atoms with Crippen LogP contribution in [0.15, 0.2) is 226 Å². The molecule has 3 atom stereocenters. The molecule has 0 aliphatic heterocycles. The molecule has 0 spiro atoms. The van der Waals surface area contributed by atoms with Crippen molar-refractivity contribution in [2.75, 3.05) is 28.4 Å². The first-order valence-electron chi connectivity index (χ1n) is 40.8. The van der Waals surface area contributed by atoms with Crippen LogP contribution in [-0.4, -0.2) is 127 Å². The van der Waals surface area contributed by atoms with E-state index in [2.05, 4.69) is 247 Å². The molecule has 24 nitrogen and oxygen atoms in total. The monoisotopic (exact) mass is 1620 g/mol. The van der Waals surface area contributed by atoms with Crippen LogP contribution < -0.4 is 18.9 Å². The maximum Gasteiger partial charge on any atom is 0.238 e. The number of ether oxygens (including phenoxy) is 4. The second-order valence-corrected chi connectivity index (χ2v) is 31.1. The largest absolute Gasteiger partial charge is 0.479 e. The van der Waals surface area contributed by atoms with Crippen LogP contribution in [0.1, 0.15) is 145 Å². The molecule has 12 heterocycles. The van der Waals surface area contributed by atoms with E-state index in [1.165, 1.54) is 44.5 Å². The van der Waals surface area contributed by atoms with Crippen molar-refractivity contribution in [1.82, 2.24) is 98.9 Å².